The van der Waals surface area contributed by atoms with Gasteiger partial charge < -0.3 is 21.3 Å². The second-order valence-electron chi connectivity index (χ2n) is 4.67. The van der Waals surface area contributed by atoms with E-state index in [1.54, 1.807) is 13.8 Å². The largest absolute Gasteiger partial charge is 0.396 e. The summed E-state index contributed by atoms with van der Waals surface area (Å²) >= 11 is 0. The first-order valence-corrected chi connectivity index (χ1v) is 5.66. The Balaban J connectivity index is 2.58. The molecule has 18 heavy (non-hydrogen) atoms. The fourth-order valence-electron chi connectivity index (χ4n) is 1.40. The number of carbonyl (C=O) groups is 1. The number of carbonyl (C=O) groups excluding carboxylic acids is 1. The topological polar surface area (TPSA) is 113 Å². The van der Waals surface area contributed by atoms with Crippen molar-refractivity contribution in [2.75, 3.05) is 18.9 Å². The molecule has 1 aromatic heterocycles. The summed E-state index contributed by atoms with van der Waals surface area (Å²) in [5.41, 5.74) is 6.43. The minimum absolute atomic E-state index is 0.0168. The molecule has 102 valence electrons. The Bertz CT molecular complexity index is 440. The van der Waals surface area contributed by atoms with Crippen molar-refractivity contribution in [1.82, 2.24) is 15.1 Å². The van der Waals surface area contributed by atoms with Crippen molar-refractivity contribution < 1.29 is 15.0 Å². The molecule has 1 rings (SSSR count). The van der Waals surface area contributed by atoms with Gasteiger partial charge in [0.15, 0.2) is 0 Å². The average molecular weight is 256 g/mol. The molecule has 0 bridgehead atoms. The van der Waals surface area contributed by atoms with Gasteiger partial charge in [-0.05, 0) is 20.8 Å². The number of anilines is 1. The Morgan fingerprint density at radius 2 is 2.17 bits per heavy atom. The number of nitrogens with one attached hydrogen (secondary N) is 1. The highest BCUT2D eigenvalue weighted by Gasteiger charge is 2.20. The highest BCUT2D eigenvalue weighted by atomic mass is 16.3. The third kappa shape index (κ3) is 3.44. The number of aryl methyl sites for hydroxylation is 1. The minimum atomic E-state index is -1.32. The van der Waals surface area contributed by atoms with Crippen LogP contribution in [0.4, 0.5) is 5.69 Å². The molecule has 5 N–H and O–H groups in total. The second-order valence-corrected chi connectivity index (χ2v) is 4.67. The van der Waals surface area contributed by atoms with Gasteiger partial charge >= 0.3 is 0 Å². The van der Waals surface area contributed by atoms with Gasteiger partial charge in [0.1, 0.15) is 12.1 Å². The molecule has 1 heterocycles. The van der Waals surface area contributed by atoms with Gasteiger partial charge in [0.05, 0.1) is 23.7 Å². The maximum absolute atomic E-state index is 11.6. The molecule has 0 aliphatic rings. The first-order valence-electron chi connectivity index (χ1n) is 5.66. The molecule has 7 nitrogen and oxygen atoms in total. The van der Waals surface area contributed by atoms with Crippen LogP contribution in [0.5, 0.6) is 0 Å². The molecule has 0 spiro atoms. The predicted octanol–water partition coefficient (Wildman–Crippen LogP) is -1.06. The number of nitrogen functional groups attached to an aromatic ring is 1. The highest BCUT2D eigenvalue weighted by molar-refractivity contribution is 5.76. The van der Waals surface area contributed by atoms with Gasteiger partial charge in [0.2, 0.25) is 5.91 Å². The molecular formula is C11H20N4O3. The van der Waals surface area contributed by atoms with Gasteiger partial charge in [-0.25, -0.2) is 0 Å². The quantitative estimate of drug-likeness (QED) is 0.536. The van der Waals surface area contributed by atoms with E-state index in [1.807, 2.05) is 0 Å². The maximum Gasteiger partial charge on any atom is 0.241 e. The summed E-state index contributed by atoms with van der Waals surface area (Å²) in [5.74, 6) is -0.297. The van der Waals surface area contributed by atoms with E-state index in [4.69, 9.17) is 10.8 Å². The summed E-state index contributed by atoms with van der Waals surface area (Å²) in [7, 11) is 0. The van der Waals surface area contributed by atoms with Gasteiger partial charge in [0, 0.05) is 6.54 Å². The summed E-state index contributed by atoms with van der Waals surface area (Å²) in [6.45, 7) is 4.59. The highest BCUT2D eigenvalue weighted by Crippen LogP contribution is 2.14. The van der Waals surface area contributed by atoms with Crippen molar-refractivity contribution in [2.24, 2.45) is 0 Å². The van der Waals surface area contributed by atoms with Crippen molar-refractivity contribution in [3.63, 3.8) is 0 Å². The summed E-state index contributed by atoms with van der Waals surface area (Å²) in [4.78, 5) is 11.6. The number of nitrogens with zero attached hydrogens (tertiary/aromatic N) is 2. The number of aromatic nitrogens is 2. The van der Waals surface area contributed by atoms with Gasteiger partial charge in [-0.2, -0.15) is 5.10 Å². The predicted molar refractivity (Wildman–Crippen MR) is 66.8 cm³/mol. The molecule has 1 unspecified atom stereocenters. The van der Waals surface area contributed by atoms with Crippen LogP contribution in [0.2, 0.25) is 0 Å². The third-order valence-electron chi connectivity index (χ3n) is 2.74. The van der Waals surface area contributed by atoms with Crippen LogP contribution in [0, 0.1) is 13.8 Å². The zero-order valence-corrected chi connectivity index (χ0v) is 10.9. The molecule has 0 aliphatic carbocycles. The fourth-order valence-corrected chi connectivity index (χ4v) is 1.40. The number of rotatable bonds is 5. The molecule has 7 heteroatoms. The van der Waals surface area contributed by atoms with Crippen LogP contribution in [0.1, 0.15) is 18.3 Å². The number of aliphatic hydroxyl groups is 2. The van der Waals surface area contributed by atoms with Crippen LogP contribution in [0.3, 0.4) is 0 Å². The van der Waals surface area contributed by atoms with Crippen molar-refractivity contribution in [3.05, 3.63) is 11.4 Å². The molecule has 0 saturated carbocycles. The first-order chi connectivity index (χ1) is 8.26. The van der Waals surface area contributed by atoms with E-state index >= 15 is 0 Å². The zero-order chi connectivity index (χ0) is 13.9. The van der Waals surface area contributed by atoms with Gasteiger partial charge in [-0.1, -0.05) is 0 Å². The van der Waals surface area contributed by atoms with Crippen molar-refractivity contribution >= 4 is 11.6 Å². The second kappa shape index (κ2) is 5.36. The lowest BCUT2D eigenvalue weighted by Gasteiger charge is -2.20. The Morgan fingerprint density at radius 1 is 1.56 bits per heavy atom. The molecule has 1 aromatic rings. The van der Waals surface area contributed by atoms with E-state index in [-0.39, 0.29) is 19.0 Å². The molecule has 0 aromatic carbocycles. The average Bonchev–Trinajstić information content (AvgIpc) is 2.55. The van der Waals surface area contributed by atoms with E-state index in [0.29, 0.717) is 11.4 Å². The molecular weight excluding hydrogens is 236 g/mol. The van der Waals surface area contributed by atoms with Crippen LogP contribution in [0.25, 0.3) is 0 Å². The van der Waals surface area contributed by atoms with Crippen LogP contribution in [0.15, 0.2) is 0 Å². The van der Waals surface area contributed by atoms with E-state index in [1.165, 1.54) is 11.6 Å². The van der Waals surface area contributed by atoms with Gasteiger partial charge in [0.25, 0.3) is 0 Å². The Hall–Kier alpha value is -1.60. The van der Waals surface area contributed by atoms with Gasteiger partial charge in [-0.15, -0.1) is 0 Å². The summed E-state index contributed by atoms with van der Waals surface area (Å²) in [5, 5.41) is 25.0. The normalized spacial score (nSPS) is 14.3. The first kappa shape index (κ1) is 14.5. The van der Waals surface area contributed by atoms with E-state index in [2.05, 4.69) is 10.4 Å². The van der Waals surface area contributed by atoms with Crippen molar-refractivity contribution in [1.29, 1.82) is 0 Å². The third-order valence-corrected chi connectivity index (χ3v) is 2.74. The maximum atomic E-state index is 11.6. The van der Waals surface area contributed by atoms with Gasteiger partial charge in [-0.3, -0.25) is 9.48 Å². The number of hydrogen-bond donors (Lipinski definition) is 4. The minimum Gasteiger partial charge on any atom is -0.396 e. The molecule has 0 aliphatic heterocycles. The van der Waals surface area contributed by atoms with Crippen LogP contribution < -0.4 is 11.1 Å². The fraction of sp³-hybridized carbons (Fsp3) is 0.636. The molecule has 1 atom stereocenters. The molecule has 1 amide bonds. The number of amides is 1. The Labute approximate surface area is 106 Å². The molecule has 0 saturated heterocycles. The SMILES string of the molecule is Cc1nn(CC(=O)NCC(C)(O)CO)c(C)c1N. The van der Waals surface area contributed by atoms with Crippen LogP contribution in [-0.2, 0) is 11.3 Å². The molecule has 0 radical (unpaired) electrons. The van der Waals surface area contributed by atoms with E-state index in [9.17, 15) is 9.90 Å². The number of nitrogens with two attached hydrogens (primary N) is 1. The lowest BCUT2D eigenvalue weighted by Crippen LogP contribution is -2.44. The van der Waals surface area contributed by atoms with E-state index < -0.39 is 12.2 Å². The smallest absolute Gasteiger partial charge is 0.241 e. The van der Waals surface area contributed by atoms with E-state index in [0.717, 1.165) is 5.69 Å². The zero-order valence-electron chi connectivity index (χ0n) is 10.9. The Kier molecular flexibility index (Phi) is 4.31. The van der Waals surface area contributed by atoms with Crippen molar-refractivity contribution in [3.8, 4) is 0 Å². The van der Waals surface area contributed by atoms with Crippen molar-refractivity contribution in [2.45, 2.75) is 32.9 Å². The monoisotopic (exact) mass is 256 g/mol. The lowest BCUT2D eigenvalue weighted by atomic mass is 10.1. The standard InChI is InChI=1S/C11H20N4O3/c1-7-10(12)8(2)15(14-7)4-9(17)13-5-11(3,18)6-16/h16,18H,4-6,12H2,1-3H3,(H,13,17). The summed E-state index contributed by atoms with van der Waals surface area (Å²) < 4.78 is 1.51. The number of hydrogen-bond acceptors (Lipinski definition) is 5. The lowest BCUT2D eigenvalue weighted by molar-refractivity contribution is -0.123. The number of aliphatic hydroxyl groups excluding tert-OH is 1. The summed E-state index contributed by atoms with van der Waals surface area (Å²) in [6, 6.07) is 0. The van der Waals surface area contributed by atoms with Crippen LogP contribution >= 0.6 is 0 Å². The molecule has 0 fully saturated rings. The Morgan fingerprint density at radius 3 is 2.61 bits per heavy atom. The summed E-state index contributed by atoms with van der Waals surface area (Å²) in [6.07, 6.45) is 0. The van der Waals surface area contributed by atoms with Crippen LogP contribution in [-0.4, -0.2) is 44.7 Å².